The Balaban J connectivity index is 3.02. The van der Waals surface area contributed by atoms with E-state index in [-0.39, 0.29) is 16.3 Å². The van der Waals surface area contributed by atoms with Gasteiger partial charge in [-0.05, 0) is 0 Å². The van der Waals surface area contributed by atoms with E-state index in [0.717, 1.165) is 17.6 Å². The van der Waals surface area contributed by atoms with Gasteiger partial charge < -0.3 is 5.11 Å². The number of sulfone groups is 1. The van der Waals surface area contributed by atoms with Gasteiger partial charge in [-0.3, -0.25) is 0 Å². The van der Waals surface area contributed by atoms with Gasteiger partial charge in [-0.15, -0.1) is 11.3 Å². The first kappa shape index (κ1) is 10.1. The highest BCUT2D eigenvalue weighted by molar-refractivity contribution is 7.89. The molecule has 1 N–H and O–H groups in total. The Bertz CT molecular complexity index is 420. The lowest BCUT2D eigenvalue weighted by Crippen LogP contribution is -2.06. The van der Waals surface area contributed by atoms with Crippen LogP contribution in [0.3, 0.4) is 0 Å². The summed E-state index contributed by atoms with van der Waals surface area (Å²) in [6.45, 7) is 0. The summed E-state index contributed by atoms with van der Waals surface area (Å²) >= 11 is 0.923. The number of carboxylic acids is 1. The van der Waals surface area contributed by atoms with Crippen molar-refractivity contribution in [3.05, 3.63) is 16.1 Å². The van der Waals surface area contributed by atoms with Crippen LogP contribution >= 0.6 is 11.3 Å². The molecule has 7 heteroatoms. The highest BCUT2D eigenvalue weighted by atomic mass is 32.2. The lowest BCUT2D eigenvalue weighted by molar-refractivity contribution is 0.0701. The predicted octanol–water partition coefficient (Wildman–Crippen LogP) is 0.386. The molecule has 0 aliphatic rings. The molecule has 0 amide bonds. The molecule has 0 saturated heterocycles. The first-order valence-corrected chi connectivity index (χ1v) is 6.17. The van der Waals surface area contributed by atoms with Crippen molar-refractivity contribution in [2.75, 3.05) is 6.26 Å². The van der Waals surface area contributed by atoms with Crippen LogP contribution in [-0.2, 0) is 15.6 Å². The van der Waals surface area contributed by atoms with Gasteiger partial charge in [0.05, 0.1) is 17.0 Å². The van der Waals surface area contributed by atoms with E-state index < -0.39 is 15.8 Å². The van der Waals surface area contributed by atoms with Crippen LogP contribution in [-0.4, -0.2) is 30.7 Å². The molecule has 0 unspecified atom stereocenters. The summed E-state index contributed by atoms with van der Waals surface area (Å²) in [6.07, 6.45) is 1.04. The Morgan fingerprint density at radius 2 is 2.31 bits per heavy atom. The molecule has 0 saturated carbocycles. The maximum atomic E-state index is 10.8. The number of nitrogens with zero attached hydrogens (tertiary/aromatic N) is 1. The Morgan fingerprint density at radius 3 is 2.77 bits per heavy atom. The average Bonchev–Trinajstić information content (AvgIpc) is 2.31. The van der Waals surface area contributed by atoms with E-state index in [9.17, 15) is 13.2 Å². The van der Waals surface area contributed by atoms with E-state index >= 15 is 0 Å². The smallest absolute Gasteiger partial charge is 0.347 e. The number of carbonyl (C=O) groups is 1. The zero-order valence-corrected chi connectivity index (χ0v) is 8.35. The normalized spacial score (nSPS) is 11.5. The molecule has 1 aromatic rings. The monoisotopic (exact) mass is 221 g/mol. The van der Waals surface area contributed by atoms with Crippen LogP contribution < -0.4 is 0 Å². The largest absolute Gasteiger partial charge is 0.477 e. The average molecular weight is 221 g/mol. The summed E-state index contributed by atoms with van der Waals surface area (Å²) in [5, 5.41) is 8.63. The van der Waals surface area contributed by atoms with Crippen molar-refractivity contribution in [1.82, 2.24) is 4.98 Å². The number of rotatable bonds is 3. The van der Waals surface area contributed by atoms with Crippen molar-refractivity contribution >= 4 is 27.1 Å². The van der Waals surface area contributed by atoms with Gasteiger partial charge in [0.2, 0.25) is 0 Å². The fourth-order valence-corrected chi connectivity index (χ4v) is 2.25. The zero-order valence-electron chi connectivity index (χ0n) is 6.72. The Hall–Kier alpha value is -0.950. The first-order valence-electron chi connectivity index (χ1n) is 3.23. The van der Waals surface area contributed by atoms with Crippen LogP contribution in [0.25, 0.3) is 0 Å². The van der Waals surface area contributed by atoms with Gasteiger partial charge >= 0.3 is 5.97 Å². The van der Waals surface area contributed by atoms with Crippen molar-refractivity contribution in [2.24, 2.45) is 0 Å². The van der Waals surface area contributed by atoms with Gasteiger partial charge in [0.15, 0.2) is 9.84 Å². The van der Waals surface area contributed by atoms with Crippen LogP contribution in [0.15, 0.2) is 5.51 Å². The summed E-state index contributed by atoms with van der Waals surface area (Å²) in [5.74, 6) is -1.46. The van der Waals surface area contributed by atoms with Crippen molar-refractivity contribution < 1.29 is 18.3 Å². The first-order chi connectivity index (χ1) is 5.90. The maximum Gasteiger partial charge on any atom is 0.347 e. The van der Waals surface area contributed by atoms with E-state index in [1.165, 1.54) is 5.51 Å². The Labute approximate surface area is 79.0 Å². The summed E-state index contributed by atoms with van der Waals surface area (Å²) < 4.78 is 21.7. The van der Waals surface area contributed by atoms with Crippen molar-refractivity contribution in [3.8, 4) is 0 Å². The number of aromatic nitrogens is 1. The van der Waals surface area contributed by atoms with Crippen LogP contribution in [0.5, 0.6) is 0 Å². The fourth-order valence-electron chi connectivity index (χ4n) is 0.794. The van der Waals surface area contributed by atoms with E-state index in [2.05, 4.69) is 4.98 Å². The maximum absolute atomic E-state index is 10.8. The zero-order chi connectivity index (χ0) is 10.1. The minimum Gasteiger partial charge on any atom is -0.477 e. The molecular formula is C6H7NO4S2. The van der Waals surface area contributed by atoms with Gasteiger partial charge in [-0.2, -0.15) is 0 Å². The molecule has 72 valence electrons. The third-order valence-corrected chi connectivity index (χ3v) is 2.89. The second-order valence-corrected chi connectivity index (χ2v) is 5.50. The molecule has 0 aliphatic heterocycles. The molecule has 0 fully saturated rings. The molecule has 1 rings (SSSR count). The highest BCUT2D eigenvalue weighted by Gasteiger charge is 2.16. The van der Waals surface area contributed by atoms with Gasteiger partial charge in [0.1, 0.15) is 4.88 Å². The summed E-state index contributed by atoms with van der Waals surface area (Å²) in [7, 11) is -3.22. The summed E-state index contributed by atoms with van der Waals surface area (Å²) in [5.41, 5.74) is 1.43. The third kappa shape index (κ3) is 2.78. The molecule has 0 radical (unpaired) electrons. The van der Waals surface area contributed by atoms with Crippen molar-refractivity contribution in [3.63, 3.8) is 0 Å². The van der Waals surface area contributed by atoms with Crippen molar-refractivity contribution in [2.45, 2.75) is 5.75 Å². The highest BCUT2D eigenvalue weighted by Crippen LogP contribution is 2.15. The lowest BCUT2D eigenvalue weighted by atomic mass is 10.4. The SMILES string of the molecule is CS(=O)(=O)Cc1ncsc1C(=O)O. The minimum absolute atomic E-state index is 0.00887. The van der Waals surface area contributed by atoms with Gasteiger partial charge in [-0.25, -0.2) is 18.2 Å². The van der Waals surface area contributed by atoms with Crippen LogP contribution in [0.4, 0.5) is 0 Å². The third-order valence-electron chi connectivity index (χ3n) is 1.23. The van der Waals surface area contributed by atoms with Crippen molar-refractivity contribution in [1.29, 1.82) is 0 Å². The topological polar surface area (TPSA) is 84.3 Å². The molecule has 1 aromatic heterocycles. The molecule has 0 atom stereocenters. The number of carboxylic acid groups (broad SMARTS) is 1. The second-order valence-electron chi connectivity index (χ2n) is 2.50. The molecule has 1 heterocycles. The molecule has 0 aliphatic carbocycles. The molecule has 0 spiro atoms. The summed E-state index contributed by atoms with van der Waals surface area (Å²) in [6, 6.07) is 0. The quantitative estimate of drug-likeness (QED) is 0.797. The van der Waals surface area contributed by atoms with Gasteiger partial charge in [-0.1, -0.05) is 0 Å². The minimum atomic E-state index is -3.22. The van der Waals surface area contributed by atoms with Crippen LogP contribution in [0.1, 0.15) is 15.4 Å². The Morgan fingerprint density at radius 1 is 1.69 bits per heavy atom. The standard InChI is InChI=1S/C6H7NO4S2/c1-13(10,11)2-4-5(6(8)9)12-3-7-4/h3H,2H2,1H3,(H,8,9). The second kappa shape index (κ2) is 3.43. The van der Waals surface area contributed by atoms with E-state index in [4.69, 9.17) is 5.11 Å². The Kier molecular flexibility index (Phi) is 2.67. The molecular weight excluding hydrogens is 214 g/mol. The molecule has 13 heavy (non-hydrogen) atoms. The number of aromatic carboxylic acids is 1. The molecule has 0 bridgehead atoms. The molecule has 5 nitrogen and oxygen atoms in total. The molecule has 0 aromatic carbocycles. The van der Waals surface area contributed by atoms with E-state index in [0.29, 0.717) is 0 Å². The summed E-state index contributed by atoms with van der Waals surface area (Å²) in [4.78, 5) is 14.2. The lowest BCUT2D eigenvalue weighted by Gasteiger charge is -1.95. The van der Waals surface area contributed by atoms with Gasteiger partial charge in [0, 0.05) is 6.26 Å². The van der Waals surface area contributed by atoms with Crippen LogP contribution in [0, 0.1) is 0 Å². The fraction of sp³-hybridized carbons (Fsp3) is 0.333. The van der Waals surface area contributed by atoms with Crippen LogP contribution in [0.2, 0.25) is 0 Å². The van der Waals surface area contributed by atoms with E-state index in [1.54, 1.807) is 0 Å². The number of hydrogen-bond acceptors (Lipinski definition) is 5. The van der Waals surface area contributed by atoms with Gasteiger partial charge in [0.25, 0.3) is 0 Å². The number of hydrogen-bond donors (Lipinski definition) is 1. The number of thiazole rings is 1. The predicted molar refractivity (Wildman–Crippen MR) is 47.6 cm³/mol. The van der Waals surface area contributed by atoms with E-state index in [1.807, 2.05) is 0 Å².